The summed E-state index contributed by atoms with van der Waals surface area (Å²) in [4.78, 5) is 11.1. The van der Waals surface area contributed by atoms with E-state index in [-0.39, 0.29) is 11.1 Å². The van der Waals surface area contributed by atoms with Crippen molar-refractivity contribution in [1.29, 1.82) is 5.26 Å². The van der Waals surface area contributed by atoms with Crippen molar-refractivity contribution in [1.82, 2.24) is 0 Å². The minimum atomic E-state index is -4.82. The Balaban J connectivity index is 3.14. The number of alkyl halides is 3. The number of ketones is 1. The van der Waals surface area contributed by atoms with E-state index in [1.54, 1.807) is 6.07 Å². The zero-order valence-corrected chi connectivity index (χ0v) is 8.13. The number of carbonyl (C=O) groups excluding carboxylic acids is 1. The largest absolute Gasteiger partial charge is 0.573 e. The van der Waals surface area contributed by atoms with Gasteiger partial charge in [-0.3, -0.25) is 4.79 Å². The Labute approximate surface area is 89.1 Å². The molecule has 0 unspecified atom stereocenters. The predicted octanol–water partition coefficient (Wildman–Crippen LogP) is 2.66. The first-order valence-corrected chi connectivity index (χ1v) is 4.14. The van der Waals surface area contributed by atoms with E-state index < -0.39 is 17.9 Å². The van der Waals surface area contributed by atoms with Crippen LogP contribution in [0, 0.1) is 11.3 Å². The number of nitriles is 1. The minimum absolute atomic E-state index is 0.0158. The highest BCUT2D eigenvalue weighted by molar-refractivity contribution is 5.96. The molecule has 0 bridgehead atoms. The van der Waals surface area contributed by atoms with Gasteiger partial charge in [-0.15, -0.1) is 13.2 Å². The van der Waals surface area contributed by atoms with Gasteiger partial charge in [0, 0.05) is 5.56 Å². The van der Waals surface area contributed by atoms with Crippen LogP contribution < -0.4 is 4.74 Å². The number of hydrogen-bond acceptors (Lipinski definition) is 3. The van der Waals surface area contributed by atoms with Crippen LogP contribution in [0.3, 0.4) is 0 Å². The fourth-order valence-electron chi connectivity index (χ4n) is 1.11. The molecule has 6 heteroatoms. The molecule has 0 atom stereocenters. The Morgan fingerprint density at radius 2 is 2.06 bits per heavy atom. The number of nitrogens with zero attached hydrogens (tertiary/aromatic N) is 1. The van der Waals surface area contributed by atoms with Crippen molar-refractivity contribution in [2.24, 2.45) is 0 Å². The third kappa shape index (κ3) is 2.98. The molecule has 0 radical (unpaired) electrons. The van der Waals surface area contributed by atoms with Gasteiger partial charge >= 0.3 is 6.36 Å². The summed E-state index contributed by atoms with van der Waals surface area (Å²) >= 11 is 0. The molecule has 84 valence electrons. The van der Waals surface area contributed by atoms with E-state index in [9.17, 15) is 18.0 Å². The van der Waals surface area contributed by atoms with Crippen molar-refractivity contribution >= 4 is 5.78 Å². The van der Waals surface area contributed by atoms with Gasteiger partial charge in [0.05, 0.1) is 11.6 Å². The molecule has 1 aromatic rings. The number of rotatable bonds is 2. The van der Waals surface area contributed by atoms with Crippen LogP contribution in [0.1, 0.15) is 22.8 Å². The maximum Gasteiger partial charge on any atom is 0.573 e. The molecule has 0 amide bonds. The predicted molar refractivity (Wildman–Crippen MR) is 47.8 cm³/mol. The maximum absolute atomic E-state index is 11.9. The highest BCUT2D eigenvalue weighted by Gasteiger charge is 2.31. The Morgan fingerprint density at radius 1 is 1.44 bits per heavy atom. The molecule has 0 saturated carbocycles. The first-order chi connectivity index (χ1) is 7.33. The normalized spacial score (nSPS) is 10.7. The minimum Gasteiger partial charge on any atom is -0.406 e. The van der Waals surface area contributed by atoms with Crippen LogP contribution in [-0.2, 0) is 0 Å². The van der Waals surface area contributed by atoms with Gasteiger partial charge in [0.1, 0.15) is 5.75 Å². The summed E-state index contributed by atoms with van der Waals surface area (Å²) in [7, 11) is 0. The Hall–Kier alpha value is -2.03. The lowest BCUT2D eigenvalue weighted by molar-refractivity contribution is -0.274. The standard InChI is InChI=1S/C10H6F3NO2/c1-6(15)9-4-8(16-10(11,12)13)3-2-7(9)5-14/h2-4H,1H3. The Kier molecular flexibility index (Phi) is 3.18. The Morgan fingerprint density at radius 3 is 2.50 bits per heavy atom. The van der Waals surface area contributed by atoms with E-state index >= 15 is 0 Å². The van der Waals surface area contributed by atoms with Crippen LogP contribution in [0.2, 0.25) is 0 Å². The molecular weight excluding hydrogens is 223 g/mol. The molecule has 0 aliphatic heterocycles. The molecule has 0 heterocycles. The third-order valence-corrected chi connectivity index (χ3v) is 1.72. The number of Topliss-reactive ketones (excluding diaryl/α,β-unsaturated/α-hetero) is 1. The molecule has 0 saturated heterocycles. The molecule has 0 aliphatic rings. The van der Waals surface area contributed by atoms with Gasteiger partial charge < -0.3 is 4.74 Å². The third-order valence-electron chi connectivity index (χ3n) is 1.72. The SMILES string of the molecule is CC(=O)c1cc(OC(F)(F)F)ccc1C#N. The van der Waals surface area contributed by atoms with Gasteiger partial charge in [-0.1, -0.05) is 0 Å². The highest BCUT2D eigenvalue weighted by atomic mass is 19.4. The van der Waals surface area contributed by atoms with Gasteiger partial charge in [-0.25, -0.2) is 0 Å². The zero-order chi connectivity index (χ0) is 12.3. The van der Waals surface area contributed by atoms with Crippen molar-refractivity contribution in [3.8, 4) is 11.8 Å². The molecule has 16 heavy (non-hydrogen) atoms. The van der Waals surface area contributed by atoms with Gasteiger partial charge in [-0.05, 0) is 25.1 Å². The molecular formula is C10H6F3NO2. The van der Waals surface area contributed by atoms with Crippen molar-refractivity contribution in [2.45, 2.75) is 13.3 Å². The summed E-state index contributed by atoms with van der Waals surface area (Å²) in [5.41, 5.74) is -0.0775. The van der Waals surface area contributed by atoms with Gasteiger partial charge in [-0.2, -0.15) is 5.26 Å². The van der Waals surface area contributed by atoms with E-state index in [1.807, 2.05) is 0 Å². The molecule has 0 spiro atoms. The first-order valence-electron chi connectivity index (χ1n) is 4.14. The fourth-order valence-corrected chi connectivity index (χ4v) is 1.11. The van der Waals surface area contributed by atoms with Crippen LogP contribution in [-0.4, -0.2) is 12.1 Å². The second-order valence-corrected chi connectivity index (χ2v) is 2.92. The van der Waals surface area contributed by atoms with Crippen LogP contribution in [0.5, 0.6) is 5.75 Å². The first kappa shape index (κ1) is 12.0. The Bertz CT molecular complexity index is 460. The smallest absolute Gasteiger partial charge is 0.406 e. The topological polar surface area (TPSA) is 50.1 Å². The van der Waals surface area contributed by atoms with E-state index in [2.05, 4.69) is 4.74 Å². The van der Waals surface area contributed by atoms with E-state index in [0.717, 1.165) is 25.1 Å². The number of hydrogen-bond donors (Lipinski definition) is 0. The van der Waals surface area contributed by atoms with E-state index in [1.165, 1.54) is 0 Å². The number of halogens is 3. The molecule has 0 N–H and O–H groups in total. The molecule has 3 nitrogen and oxygen atoms in total. The maximum atomic E-state index is 11.9. The van der Waals surface area contributed by atoms with Crippen LogP contribution in [0.25, 0.3) is 0 Å². The lowest BCUT2D eigenvalue weighted by Crippen LogP contribution is -2.17. The molecule has 0 aliphatic carbocycles. The second kappa shape index (κ2) is 4.23. The number of benzene rings is 1. The van der Waals surface area contributed by atoms with Gasteiger partial charge in [0.25, 0.3) is 0 Å². The summed E-state index contributed by atoms with van der Waals surface area (Å²) in [5.74, 6) is -1.01. The van der Waals surface area contributed by atoms with E-state index in [4.69, 9.17) is 5.26 Å². The molecule has 1 aromatic carbocycles. The van der Waals surface area contributed by atoms with Crippen molar-refractivity contribution in [3.63, 3.8) is 0 Å². The summed E-state index contributed by atoms with van der Waals surface area (Å²) in [6.45, 7) is 1.16. The van der Waals surface area contributed by atoms with Crippen LogP contribution in [0.15, 0.2) is 18.2 Å². The highest BCUT2D eigenvalue weighted by Crippen LogP contribution is 2.25. The van der Waals surface area contributed by atoms with Crippen LogP contribution >= 0.6 is 0 Å². The summed E-state index contributed by atoms with van der Waals surface area (Å²) in [6, 6.07) is 4.70. The lowest BCUT2D eigenvalue weighted by atomic mass is 10.1. The lowest BCUT2D eigenvalue weighted by Gasteiger charge is -2.09. The number of carbonyl (C=O) groups is 1. The fraction of sp³-hybridized carbons (Fsp3) is 0.200. The summed E-state index contributed by atoms with van der Waals surface area (Å²) in [6.07, 6.45) is -4.82. The van der Waals surface area contributed by atoms with Gasteiger partial charge in [0.15, 0.2) is 5.78 Å². The average Bonchev–Trinajstić information content (AvgIpc) is 2.15. The van der Waals surface area contributed by atoms with E-state index in [0.29, 0.717) is 0 Å². The quantitative estimate of drug-likeness (QED) is 0.732. The molecule has 1 rings (SSSR count). The van der Waals surface area contributed by atoms with Crippen molar-refractivity contribution in [2.75, 3.05) is 0 Å². The summed E-state index contributed by atoms with van der Waals surface area (Å²) < 4.78 is 39.3. The van der Waals surface area contributed by atoms with Crippen LogP contribution in [0.4, 0.5) is 13.2 Å². The van der Waals surface area contributed by atoms with Crippen molar-refractivity contribution < 1.29 is 22.7 Å². The monoisotopic (exact) mass is 229 g/mol. The molecule has 0 fully saturated rings. The second-order valence-electron chi connectivity index (χ2n) is 2.92. The molecule has 0 aromatic heterocycles. The van der Waals surface area contributed by atoms with Crippen molar-refractivity contribution in [3.05, 3.63) is 29.3 Å². The number of ether oxygens (including phenoxy) is 1. The van der Waals surface area contributed by atoms with Gasteiger partial charge in [0.2, 0.25) is 0 Å². The zero-order valence-electron chi connectivity index (χ0n) is 8.13. The summed E-state index contributed by atoms with van der Waals surface area (Å²) in [5, 5.41) is 8.63. The average molecular weight is 229 g/mol.